The van der Waals surface area contributed by atoms with Crippen molar-refractivity contribution in [2.75, 3.05) is 11.5 Å². The minimum absolute atomic E-state index is 0.189. The van der Waals surface area contributed by atoms with Gasteiger partial charge in [0.2, 0.25) is 11.8 Å². The molecule has 0 heterocycles. The molecule has 0 aliphatic heterocycles. The molecule has 0 unspecified atom stereocenters. The second kappa shape index (κ2) is 12.2. The Balaban J connectivity index is 1.85. The average molecular weight is 475 g/mol. The van der Waals surface area contributed by atoms with E-state index in [0.29, 0.717) is 11.1 Å². The van der Waals surface area contributed by atoms with Gasteiger partial charge in [0.25, 0.3) is 11.8 Å². The number of nitrogens with two attached hydrogens (primary N) is 2. The van der Waals surface area contributed by atoms with Gasteiger partial charge in [-0.15, -0.1) is 0 Å². The Hall–Kier alpha value is -2.98. The quantitative estimate of drug-likeness (QED) is 0.287. The van der Waals surface area contributed by atoms with Gasteiger partial charge in [-0.3, -0.25) is 19.2 Å². The van der Waals surface area contributed by atoms with E-state index in [9.17, 15) is 19.2 Å². The smallest absolute Gasteiger partial charge is 0.251 e. The van der Waals surface area contributed by atoms with Gasteiger partial charge in [0.15, 0.2) is 0 Å². The molecule has 0 radical (unpaired) electrons. The van der Waals surface area contributed by atoms with Crippen molar-refractivity contribution in [2.45, 2.75) is 25.9 Å². The molecule has 170 valence electrons. The lowest BCUT2D eigenvalue weighted by Crippen LogP contribution is -2.46. The van der Waals surface area contributed by atoms with Crippen LogP contribution in [0.2, 0.25) is 0 Å². The number of amides is 4. The zero-order valence-corrected chi connectivity index (χ0v) is 19.4. The van der Waals surface area contributed by atoms with Gasteiger partial charge in [-0.2, -0.15) is 0 Å². The predicted molar refractivity (Wildman–Crippen MR) is 128 cm³/mol. The summed E-state index contributed by atoms with van der Waals surface area (Å²) in [5.41, 5.74) is 13.7. The molecule has 4 amide bonds. The molecule has 0 fully saturated rings. The number of rotatable bonds is 11. The van der Waals surface area contributed by atoms with Crippen LogP contribution in [0.1, 0.15) is 31.8 Å². The number of carbonyl (C=O) groups excluding carboxylic acids is 4. The lowest BCUT2D eigenvalue weighted by Gasteiger charge is -2.17. The first-order valence-electron chi connectivity index (χ1n) is 9.75. The Morgan fingerprint density at radius 1 is 0.688 bits per heavy atom. The van der Waals surface area contributed by atoms with Gasteiger partial charge in [0.1, 0.15) is 12.1 Å². The van der Waals surface area contributed by atoms with E-state index in [4.69, 9.17) is 11.5 Å². The van der Waals surface area contributed by atoms with Crippen LogP contribution in [0.4, 0.5) is 0 Å². The van der Waals surface area contributed by atoms with Gasteiger partial charge < -0.3 is 22.1 Å². The van der Waals surface area contributed by atoms with Crippen LogP contribution in [0.3, 0.4) is 0 Å². The van der Waals surface area contributed by atoms with Crippen molar-refractivity contribution in [3.05, 3.63) is 70.8 Å². The van der Waals surface area contributed by atoms with Crippen LogP contribution in [-0.2, 0) is 9.59 Å². The summed E-state index contributed by atoms with van der Waals surface area (Å²) in [7, 11) is 2.48. The fourth-order valence-corrected chi connectivity index (χ4v) is 4.87. The van der Waals surface area contributed by atoms with Crippen LogP contribution in [0.25, 0.3) is 0 Å². The van der Waals surface area contributed by atoms with Crippen molar-refractivity contribution in [2.24, 2.45) is 11.5 Å². The highest BCUT2D eigenvalue weighted by Crippen LogP contribution is 2.23. The molecule has 10 heteroatoms. The molecule has 0 aromatic heterocycles. The van der Waals surface area contributed by atoms with Crippen LogP contribution in [-0.4, -0.2) is 47.2 Å². The number of benzene rings is 2. The number of nitrogens with one attached hydrogen (secondary N) is 2. The van der Waals surface area contributed by atoms with Gasteiger partial charge in [-0.25, -0.2) is 0 Å². The molecule has 0 aliphatic rings. The van der Waals surface area contributed by atoms with Gasteiger partial charge in [-0.1, -0.05) is 57.0 Å². The monoisotopic (exact) mass is 474 g/mol. The SMILES string of the molecule is Cc1ccc(C(=O)N[C@@H](CSSC[C@H](NC(=O)c2ccc(C)cc2)C(N)=O)C(N)=O)cc1. The Morgan fingerprint density at radius 2 is 1.00 bits per heavy atom. The van der Waals surface area contributed by atoms with E-state index in [1.165, 1.54) is 21.6 Å². The maximum absolute atomic E-state index is 12.3. The van der Waals surface area contributed by atoms with Crippen LogP contribution in [0.15, 0.2) is 48.5 Å². The van der Waals surface area contributed by atoms with E-state index in [0.717, 1.165) is 11.1 Å². The van der Waals surface area contributed by atoms with E-state index in [-0.39, 0.29) is 11.5 Å². The van der Waals surface area contributed by atoms with E-state index < -0.39 is 35.7 Å². The summed E-state index contributed by atoms with van der Waals surface area (Å²) >= 11 is 0. The number of hydrogen-bond donors (Lipinski definition) is 4. The van der Waals surface area contributed by atoms with E-state index in [2.05, 4.69) is 10.6 Å². The Morgan fingerprint density at radius 3 is 1.28 bits per heavy atom. The topological polar surface area (TPSA) is 144 Å². The van der Waals surface area contributed by atoms with Crippen molar-refractivity contribution < 1.29 is 19.2 Å². The molecular formula is C22H26N4O4S2. The predicted octanol–water partition coefficient (Wildman–Crippen LogP) is 1.55. The second-order valence-electron chi connectivity index (χ2n) is 7.16. The lowest BCUT2D eigenvalue weighted by atomic mass is 10.1. The first kappa shape index (κ1) is 25.3. The van der Waals surface area contributed by atoms with Gasteiger partial charge in [0, 0.05) is 22.6 Å². The third-order valence-electron chi connectivity index (χ3n) is 4.48. The summed E-state index contributed by atoms with van der Waals surface area (Å²) in [5.74, 6) is -1.76. The average Bonchev–Trinajstić information content (AvgIpc) is 2.75. The molecule has 2 rings (SSSR count). The van der Waals surface area contributed by atoms with Crippen LogP contribution in [0, 0.1) is 13.8 Å². The third-order valence-corrected chi connectivity index (χ3v) is 6.90. The summed E-state index contributed by atoms with van der Waals surface area (Å²) in [6.07, 6.45) is 0. The van der Waals surface area contributed by atoms with Crippen LogP contribution >= 0.6 is 21.6 Å². The standard InChI is InChI=1S/C22H26N4O4S2/c1-13-3-7-15(8-4-13)21(29)25-17(19(23)27)11-31-32-12-18(20(24)28)26-22(30)16-9-5-14(2)6-10-16/h3-10,17-18H,11-12H2,1-2H3,(H2,23,27)(H2,24,28)(H,25,29)(H,26,30)/t17-,18-/m0/s1. The van der Waals surface area contributed by atoms with Crippen molar-refractivity contribution in [1.29, 1.82) is 0 Å². The summed E-state index contributed by atoms with van der Waals surface area (Å²) in [4.78, 5) is 48.1. The van der Waals surface area contributed by atoms with E-state index >= 15 is 0 Å². The first-order valence-corrected chi connectivity index (χ1v) is 12.2. The van der Waals surface area contributed by atoms with Crippen molar-refractivity contribution in [3.8, 4) is 0 Å². The first-order chi connectivity index (χ1) is 15.2. The summed E-state index contributed by atoms with van der Waals surface area (Å²) < 4.78 is 0. The molecule has 2 atom stereocenters. The number of hydrogen-bond acceptors (Lipinski definition) is 6. The fourth-order valence-electron chi connectivity index (χ4n) is 2.52. The zero-order chi connectivity index (χ0) is 23.7. The zero-order valence-electron chi connectivity index (χ0n) is 17.8. The fraction of sp³-hybridized carbons (Fsp3) is 0.273. The molecular weight excluding hydrogens is 448 g/mol. The maximum Gasteiger partial charge on any atom is 0.251 e. The molecule has 8 nitrogen and oxygen atoms in total. The molecule has 32 heavy (non-hydrogen) atoms. The highest BCUT2D eigenvalue weighted by molar-refractivity contribution is 8.76. The third kappa shape index (κ3) is 7.93. The number of aryl methyl sites for hydroxylation is 2. The minimum Gasteiger partial charge on any atom is -0.368 e. The Labute approximate surface area is 194 Å². The lowest BCUT2D eigenvalue weighted by molar-refractivity contribution is -0.120. The molecule has 0 spiro atoms. The molecule has 2 aromatic rings. The molecule has 0 aliphatic carbocycles. The highest BCUT2D eigenvalue weighted by Gasteiger charge is 2.22. The highest BCUT2D eigenvalue weighted by atomic mass is 33.1. The Kier molecular flexibility index (Phi) is 9.61. The summed E-state index contributed by atoms with van der Waals surface area (Å²) in [5, 5.41) is 5.22. The molecule has 0 saturated carbocycles. The normalized spacial score (nSPS) is 12.4. The van der Waals surface area contributed by atoms with E-state index in [1.54, 1.807) is 48.5 Å². The van der Waals surface area contributed by atoms with Crippen molar-refractivity contribution in [3.63, 3.8) is 0 Å². The summed E-state index contributed by atoms with van der Waals surface area (Å²) in [6.45, 7) is 3.81. The van der Waals surface area contributed by atoms with Crippen molar-refractivity contribution in [1.82, 2.24) is 10.6 Å². The molecule has 0 bridgehead atoms. The van der Waals surface area contributed by atoms with E-state index in [1.807, 2.05) is 13.8 Å². The number of primary amides is 2. The number of carbonyl (C=O) groups is 4. The molecule has 0 saturated heterocycles. The van der Waals surface area contributed by atoms with Gasteiger partial charge in [-0.05, 0) is 38.1 Å². The second-order valence-corrected chi connectivity index (χ2v) is 9.71. The van der Waals surface area contributed by atoms with Gasteiger partial charge in [0.05, 0.1) is 0 Å². The maximum atomic E-state index is 12.3. The van der Waals surface area contributed by atoms with Gasteiger partial charge >= 0.3 is 0 Å². The molecule has 2 aromatic carbocycles. The van der Waals surface area contributed by atoms with Crippen LogP contribution < -0.4 is 22.1 Å². The molecule has 6 N–H and O–H groups in total. The Bertz CT molecular complexity index is 885. The minimum atomic E-state index is -0.893. The van der Waals surface area contributed by atoms with Crippen molar-refractivity contribution >= 4 is 45.2 Å². The summed E-state index contributed by atoms with van der Waals surface area (Å²) in [6, 6.07) is 12.1. The van der Waals surface area contributed by atoms with Crippen LogP contribution in [0.5, 0.6) is 0 Å². The largest absolute Gasteiger partial charge is 0.368 e.